The van der Waals surface area contributed by atoms with Gasteiger partial charge in [0.1, 0.15) is 12.2 Å². The Balaban J connectivity index is 1.45. The smallest absolute Gasteiger partial charge is 0.335 e. The minimum absolute atomic E-state index is 0.00749. The van der Waals surface area contributed by atoms with Crippen molar-refractivity contribution < 1.29 is 24.2 Å². The zero-order valence-corrected chi connectivity index (χ0v) is 23.2. The van der Waals surface area contributed by atoms with E-state index in [0.717, 1.165) is 42.2 Å². The zero-order chi connectivity index (χ0) is 25.8. The second kappa shape index (κ2) is 7.83. The molecule has 6 aliphatic rings. The lowest BCUT2D eigenvalue weighted by atomic mass is 9.35. The van der Waals surface area contributed by atoms with Crippen LogP contribution in [0, 0.1) is 45.3 Å². The molecule has 0 saturated heterocycles. The number of fused-ring (bicyclic) bond motifs is 7. The summed E-state index contributed by atoms with van der Waals surface area (Å²) >= 11 is 0. The topological polar surface area (TPSA) is 72.8 Å². The molecule has 0 bridgehead atoms. The van der Waals surface area contributed by atoms with Gasteiger partial charge in [-0.2, -0.15) is 0 Å². The number of aliphatic hydroxyl groups is 1. The van der Waals surface area contributed by atoms with Gasteiger partial charge in [-0.1, -0.05) is 34.1 Å². The lowest BCUT2D eigenvalue weighted by Crippen LogP contribution is -2.65. The lowest BCUT2D eigenvalue weighted by Gasteiger charge is -2.69. The van der Waals surface area contributed by atoms with Crippen molar-refractivity contribution in [2.75, 3.05) is 0 Å². The summed E-state index contributed by atoms with van der Waals surface area (Å²) in [5.41, 5.74) is 2.27. The van der Waals surface area contributed by atoms with E-state index >= 15 is 0 Å². The standard InChI is InChI=1S/C31H46O5/c1-17-16-31(17)12-7-11-28(4)22(31)10-13-29(5)21-9-8-20-19(3)35-27(34)26(20)30(21,6)24(15-23(28)29)36-25(33)14-18(2)32/h17-19,21-24,32H,7-16H2,1-6H3/t17-,18?,19-,21-,22?,23?,24-,28-,29-,30+,31-/m0/s1. The van der Waals surface area contributed by atoms with Crippen molar-refractivity contribution in [1.82, 2.24) is 0 Å². The fourth-order valence-corrected chi connectivity index (χ4v) is 11.3. The first-order valence-corrected chi connectivity index (χ1v) is 14.7. The van der Waals surface area contributed by atoms with Gasteiger partial charge >= 0.3 is 11.9 Å². The molecule has 0 aromatic carbocycles. The van der Waals surface area contributed by atoms with Crippen molar-refractivity contribution >= 4 is 11.9 Å². The first-order chi connectivity index (χ1) is 16.9. The Hall–Kier alpha value is -1.36. The number of carbonyl (C=O) groups is 2. The molecule has 1 heterocycles. The van der Waals surface area contributed by atoms with E-state index in [1.807, 2.05) is 6.92 Å². The molecule has 11 atom stereocenters. The van der Waals surface area contributed by atoms with Crippen molar-refractivity contribution in [1.29, 1.82) is 0 Å². The molecule has 3 unspecified atom stereocenters. The maximum absolute atomic E-state index is 13.3. The highest BCUT2D eigenvalue weighted by Crippen LogP contribution is 2.78. The monoisotopic (exact) mass is 498 g/mol. The Morgan fingerprint density at radius 3 is 2.44 bits per heavy atom. The van der Waals surface area contributed by atoms with E-state index in [4.69, 9.17) is 9.47 Å². The molecule has 1 N–H and O–H groups in total. The number of aliphatic hydroxyl groups excluding tert-OH is 1. The van der Waals surface area contributed by atoms with Crippen LogP contribution in [-0.2, 0) is 19.1 Å². The van der Waals surface area contributed by atoms with Crippen LogP contribution in [0.3, 0.4) is 0 Å². The third-order valence-corrected chi connectivity index (χ3v) is 12.8. The molecule has 1 aliphatic heterocycles. The van der Waals surface area contributed by atoms with Crippen molar-refractivity contribution in [3.05, 3.63) is 11.1 Å². The van der Waals surface area contributed by atoms with Gasteiger partial charge < -0.3 is 14.6 Å². The Bertz CT molecular complexity index is 1010. The Kier molecular flexibility index (Phi) is 5.43. The summed E-state index contributed by atoms with van der Waals surface area (Å²) in [5, 5.41) is 9.90. The number of rotatable bonds is 3. The first-order valence-electron chi connectivity index (χ1n) is 14.7. The van der Waals surface area contributed by atoms with Crippen LogP contribution >= 0.6 is 0 Å². The molecule has 0 amide bonds. The lowest BCUT2D eigenvalue weighted by molar-refractivity contribution is -0.223. The summed E-state index contributed by atoms with van der Waals surface area (Å²) < 4.78 is 12.1. The third-order valence-electron chi connectivity index (χ3n) is 12.8. The summed E-state index contributed by atoms with van der Waals surface area (Å²) in [6.07, 6.45) is 9.26. The van der Waals surface area contributed by atoms with E-state index in [9.17, 15) is 14.7 Å². The second-order valence-electron chi connectivity index (χ2n) is 14.4. The van der Waals surface area contributed by atoms with Crippen LogP contribution in [0.1, 0.15) is 106 Å². The Morgan fingerprint density at radius 2 is 1.78 bits per heavy atom. The van der Waals surface area contributed by atoms with Gasteiger partial charge in [-0.25, -0.2) is 4.79 Å². The molecule has 0 aromatic rings. The SMILES string of the molecule is CC(O)CC(=O)O[C@H]1CC2[C@@]3(C)CCC[C@@]4(C[C@@H]4C)C3CC[C@@]2(C)[C@@H]2CCC3=C(C(=O)O[C@H]3C)[C@@]12C. The second-order valence-corrected chi connectivity index (χ2v) is 14.4. The summed E-state index contributed by atoms with van der Waals surface area (Å²) in [6.45, 7) is 13.4. The molecular weight excluding hydrogens is 452 g/mol. The number of hydrogen-bond acceptors (Lipinski definition) is 5. The van der Waals surface area contributed by atoms with Gasteiger partial charge in [0.05, 0.1) is 12.5 Å². The minimum atomic E-state index is -0.737. The molecule has 1 spiro atoms. The van der Waals surface area contributed by atoms with E-state index in [2.05, 4.69) is 27.7 Å². The molecule has 200 valence electrons. The average molecular weight is 499 g/mol. The fraction of sp³-hybridized carbons (Fsp3) is 0.871. The van der Waals surface area contributed by atoms with Gasteiger partial charge in [-0.3, -0.25) is 4.79 Å². The van der Waals surface area contributed by atoms with Gasteiger partial charge in [0.2, 0.25) is 0 Å². The molecule has 4 fully saturated rings. The minimum Gasteiger partial charge on any atom is -0.461 e. The van der Waals surface area contributed by atoms with Crippen LogP contribution < -0.4 is 0 Å². The number of hydrogen-bond donors (Lipinski definition) is 1. The van der Waals surface area contributed by atoms with Crippen molar-refractivity contribution in [2.24, 2.45) is 45.3 Å². The number of esters is 2. The quantitative estimate of drug-likeness (QED) is 0.485. The average Bonchev–Trinajstić information content (AvgIpc) is 3.30. The molecule has 36 heavy (non-hydrogen) atoms. The van der Waals surface area contributed by atoms with Crippen LogP contribution in [0.5, 0.6) is 0 Å². The largest absolute Gasteiger partial charge is 0.461 e. The molecule has 5 nitrogen and oxygen atoms in total. The molecule has 0 aromatic heterocycles. The van der Waals surface area contributed by atoms with Crippen molar-refractivity contribution in [2.45, 2.75) is 124 Å². The number of cyclic esters (lactones) is 1. The highest BCUT2D eigenvalue weighted by molar-refractivity contribution is 5.94. The van der Waals surface area contributed by atoms with E-state index in [1.54, 1.807) is 6.92 Å². The summed E-state index contributed by atoms with van der Waals surface area (Å²) in [6, 6.07) is 0. The third kappa shape index (κ3) is 3.10. The van der Waals surface area contributed by atoms with E-state index in [0.29, 0.717) is 11.3 Å². The maximum atomic E-state index is 13.3. The van der Waals surface area contributed by atoms with Gasteiger partial charge in [0.25, 0.3) is 0 Å². The molecule has 6 rings (SSSR count). The van der Waals surface area contributed by atoms with E-state index < -0.39 is 11.5 Å². The summed E-state index contributed by atoms with van der Waals surface area (Å²) in [7, 11) is 0. The molecule has 0 radical (unpaired) electrons. The zero-order valence-electron chi connectivity index (χ0n) is 23.2. The Morgan fingerprint density at radius 1 is 1.08 bits per heavy atom. The predicted molar refractivity (Wildman–Crippen MR) is 137 cm³/mol. The number of ether oxygens (including phenoxy) is 2. The molecular formula is C31H46O5. The molecule has 4 saturated carbocycles. The summed E-state index contributed by atoms with van der Waals surface area (Å²) in [4.78, 5) is 26.3. The predicted octanol–water partition coefficient (Wildman–Crippen LogP) is 5.98. The van der Waals surface area contributed by atoms with Gasteiger partial charge in [-0.05, 0) is 111 Å². The maximum Gasteiger partial charge on any atom is 0.335 e. The van der Waals surface area contributed by atoms with E-state index in [-0.39, 0.29) is 47.3 Å². The highest BCUT2D eigenvalue weighted by Gasteiger charge is 2.72. The van der Waals surface area contributed by atoms with Crippen molar-refractivity contribution in [3.63, 3.8) is 0 Å². The van der Waals surface area contributed by atoms with Crippen LogP contribution in [0.4, 0.5) is 0 Å². The van der Waals surface area contributed by atoms with Gasteiger partial charge in [0.15, 0.2) is 0 Å². The van der Waals surface area contributed by atoms with Gasteiger partial charge in [-0.15, -0.1) is 0 Å². The fourth-order valence-electron chi connectivity index (χ4n) is 11.3. The Labute approximate surface area is 216 Å². The van der Waals surface area contributed by atoms with Crippen LogP contribution in [0.2, 0.25) is 0 Å². The van der Waals surface area contributed by atoms with Crippen molar-refractivity contribution in [3.8, 4) is 0 Å². The molecule has 5 aliphatic carbocycles. The van der Waals surface area contributed by atoms with Crippen LogP contribution in [0.25, 0.3) is 0 Å². The highest BCUT2D eigenvalue weighted by atomic mass is 16.6. The van der Waals surface area contributed by atoms with Crippen LogP contribution in [0.15, 0.2) is 11.1 Å². The summed E-state index contributed by atoms with van der Waals surface area (Å²) in [5.74, 6) is 1.77. The van der Waals surface area contributed by atoms with E-state index in [1.165, 1.54) is 38.5 Å². The van der Waals surface area contributed by atoms with Gasteiger partial charge in [0, 0.05) is 11.0 Å². The first kappa shape index (κ1) is 24.9. The normalized spacial score (nSPS) is 52.0. The number of carbonyl (C=O) groups excluding carboxylic acids is 2. The molecule has 5 heteroatoms. The van der Waals surface area contributed by atoms with Crippen LogP contribution in [-0.4, -0.2) is 35.4 Å².